The summed E-state index contributed by atoms with van der Waals surface area (Å²) in [5.41, 5.74) is 5.94. The van der Waals surface area contributed by atoms with Crippen LogP contribution in [-0.2, 0) is 11.2 Å². The minimum absolute atomic E-state index is 0.00662. The van der Waals surface area contributed by atoms with Gasteiger partial charge in [0.25, 0.3) is 0 Å². The Morgan fingerprint density at radius 1 is 1.53 bits per heavy atom. The maximum atomic E-state index is 11.9. The predicted molar refractivity (Wildman–Crippen MR) is 60.9 cm³/mol. The van der Waals surface area contributed by atoms with Gasteiger partial charge in [0.15, 0.2) is 6.33 Å². The molecule has 1 amide bonds. The molecule has 2 rings (SSSR count). The van der Waals surface area contributed by atoms with Crippen LogP contribution in [0.5, 0.6) is 0 Å². The average molecular weight is 238 g/mol. The molecule has 1 fully saturated rings. The first-order valence-electron chi connectivity index (χ1n) is 6.06. The smallest absolute Gasteiger partial charge is 0.228 e. The van der Waals surface area contributed by atoms with Crippen LogP contribution in [0.1, 0.15) is 31.6 Å². The van der Waals surface area contributed by atoms with Gasteiger partial charge in [0.2, 0.25) is 11.8 Å². The Hall–Kier alpha value is -1.43. The monoisotopic (exact) mass is 238 g/mol. The van der Waals surface area contributed by atoms with Gasteiger partial charge < -0.3 is 15.6 Å². The number of rotatable bonds is 4. The van der Waals surface area contributed by atoms with Crippen molar-refractivity contribution in [3.8, 4) is 0 Å². The third-order valence-electron chi connectivity index (χ3n) is 3.20. The lowest BCUT2D eigenvalue weighted by molar-refractivity contribution is -0.126. The lowest BCUT2D eigenvalue weighted by atomic mass is 9.84. The summed E-state index contributed by atoms with van der Waals surface area (Å²) in [6.45, 7) is 0.518. The van der Waals surface area contributed by atoms with Crippen LogP contribution in [0.4, 0.5) is 0 Å². The van der Waals surface area contributed by atoms with Crippen LogP contribution in [0.3, 0.4) is 0 Å². The quantitative estimate of drug-likeness (QED) is 0.784. The van der Waals surface area contributed by atoms with E-state index >= 15 is 0 Å². The van der Waals surface area contributed by atoms with Gasteiger partial charge in [-0.2, -0.15) is 4.98 Å². The molecule has 1 heterocycles. The van der Waals surface area contributed by atoms with Gasteiger partial charge >= 0.3 is 0 Å². The zero-order chi connectivity index (χ0) is 12.1. The standard InChI is InChI=1S/C11H18N4O2/c12-9-4-2-1-3-8(9)11(16)13-6-5-10-14-7-15-17-10/h7-9H,1-6,12H2,(H,13,16). The van der Waals surface area contributed by atoms with Gasteiger partial charge in [0.05, 0.1) is 5.92 Å². The van der Waals surface area contributed by atoms with Crippen molar-refractivity contribution in [2.75, 3.05) is 6.54 Å². The van der Waals surface area contributed by atoms with Gasteiger partial charge in [0.1, 0.15) is 0 Å². The summed E-state index contributed by atoms with van der Waals surface area (Å²) < 4.78 is 4.84. The second-order valence-corrected chi connectivity index (χ2v) is 4.43. The lowest BCUT2D eigenvalue weighted by Crippen LogP contribution is -2.44. The van der Waals surface area contributed by atoms with Crippen LogP contribution in [0, 0.1) is 5.92 Å². The molecule has 1 aromatic heterocycles. The highest BCUT2D eigenvalue weighted by Gasteiger charge is 2.27. The molecule has 17 heavy (non-hydrogen) atoms. The average Bonchev–Trinajstić information content (AvgIpc) is 2.82. The second kappa shape index (κ2) is 5.77. The Bertz CT molecular complexity index is 352. The SMILES string of the molecule is NC1CCCCC1C(=O)NCCc1ncno1. The van der Waals surface area contributed by atoms with Crippen LogP contribution in [0.25, 0.3) is 0 Å². The molecule has 0 saturated heterocycles. The molecular formula is C11H18N4O2. The Morgan fingerprint density at radius 3 is 3.06 bits per heavy atom. The minimum atomic E-state index is -0.0357. The first kappa shape index (κ1) is 12.0. The summed E-state index contributed by atoms with van der Waals surface area (Å²) in [4.78, 5) is 15.8. The van der Waals surface area contributed by atoms with Crippen LogP contribution >= 0.6 is 0 Å². The highest BCUT2D eigenvalue weighted by atomic mass is 16.5. The normalized spacial score (nSPS) is 24.5. The number of carbonyl (C=O) groups is 1. The Balaban J connectivity index is 1.73. The summed E-state index contributed by atoms with van der Waals surface area (Å²) >= 11 is 0. The van der Waals surface area contributed by atoms with Crippen molar-refractivity contribution in [1.82, 2.24) is 15.5 Å². The van der Waals surface area contributed by atoms with E-state index in [1.54, 1.807) is 0 Å². The highest BCUT2D eigenvalue weighted by Crippen LogP contribution is 2.22. The van der Waals surface area contributed by atoms with Gasteiger partial charge in [0, 0.05) is 19.0 Å². The van der Waals surface area contributed by atoms with E-state index in [1.165, 1.54) is 6.33 Å². The molecular weight excluding hydrogens is 220 g/mol. The molecule has 1 aromatic rings. The molecule has 0 aromatic carbocycles. The van der Waals surface area contributed by atoms with Crippen LogP contribution in [-0.4, -0.2) is 28.6 Å². The Labute approximate surface area is 99.9 Å². The number of carbonyl (C=O) groups excluding carboxylic acids is 1. The van der Waals surface area contributed by atoms with Gasteiger partial charge in [-0.05, 0) is 12.8 Å². The van der Waals surface area contributed by atoms with Gasteiger partial charge in [-0.15, -0.1) is 0 Å². The van der Waals surface area contributed by atoms with E-state index in [-0.39, 0.29) is 17.9 Å². The Morgan fingerprint density at radius 2 is 2.35 bits per heavy atom. The van der Waals surface area contributed by atoms with Crippen molar-refractivity contribution >= 4 is 5.91 Å². The minimum Gasteiger partial charge on any atom is -0.355 e. The van der Waals surface area contributed by atoms with Crippen molar-refractivity contribution in [2.45, 2.75) is 38.1 Å². The number of hydrogen-bond acceptors (Lipinski definition) is 5. The lowest BCUT2D eigenvalue weighted by Gasteiger charge is -2.27. The van der Waals surface area contributed by atoms with Crippen LogP contribution < -0.4 is 11.1 Å². The molecule has 2 unspecified atom stereocenters. The molecule has 0 bridgehead atoms. The van der Waals surface area contributed by atoms with Crippen molar-refractivity contribution in [1.29, 1.82) is 0 Å². The number of nitrogens with two attached hydrogens (primary N) is 1. The molecule has 1 saturated carbocycles. The fourth-order valence-electron chi connectivity index (χ4n) is 2.21. The maximum Gasteiger partial charge on any atom is 0.228 e. The van der Waals surface area contributed by atoms with Crippen molar-refractivity contribution in [3.63, 3.8) is 0 Å². The van der Waals surface area contributed by atoms with Crippen molar-refractivity contribution in [2.24, 2.45) is 11.7 Å². The van der Waals surface area contributed by atoms with Crippen molar-refractivity contribution in [3.05, 3.63) is 12.2 Å². The zero-order valence-corrected chi connectivity index (χ0v) is 9.76. The number of aromatic nitrogens is 2. The molecule has 1 aliphatic carbocycles. The largest absolute Gasteiger partial charge is 0.355 e. The molecule has 6 heteroatoms. The third-order valence-corrected chi connectivity index (χ3v) is 3.20. The summed E-state index contributed by atoms with van der Waals surface area (Å²) in [5.74, 6) is 0.557. The first-order chi connectivity index (χ1) is 8.27. The summed E-state index contributed by atoms with van der Waals surface area (Å²) in [6, 6.07) is 0.00662. The predicted octanol–water partition coefficient (Wildman–Crippen LogP) is 0.246. The van der Waals surface area contributed by atoms with E-state index in [1.807, 2.05) is 0 Å². The molecule has 6 nitrogen and oxygen atoms in total. The van der Waals surface area contributed by atoms with E-state index in [0.717, 1.165) is 25.7 Å². The fraction of sp³-hybridized carbons (Fsp3) is 0.727. The third kappa shape index (κ3) is 3.26. The molecule has 0 spiro atoms. The highest BCUT2D eigenvalue weighted by molar-refractivity contribution is 5.79. The topological polar surface area (TPSA) is 94.0 Å². The first-order valence-corrected chi connectivity index (χ1v) is 6.06. The van der Waals surface area contributed by atoms with Crippen LogP contribution in [0.2, 0.25) is 0 Å². The molecule has 1 aliphatic rings. The summed E-state index contributed by atoms with van der Waals surface area (Å²) in [7, 11) is 0. The van der Waals surface area contributed by atoms with Crippen LogP contribution in [0.15, 0.2) is 10.9 Å². The van der Waals surface area contributed by atoms with E-state index in [0.29, 0.717) is 18.9 Å². The Kier molecular flexibility index (Phi) is 4.08. The number of nitrogens with zero attached hydrogens (tertiary/aromatic N) is 2. The van der Waals surface area contributed by atoms with Gasteiger partial charge in [-0.1, -0.05) is 18.0 Å². The molecule has 94 valence electrons. The van der Waals surface area contributed by atoms with Gasteiger partial charge in [-0.3, -0.25) is 4.79 Å². The van der Waals surface area contributed by atoms with Crippen molar-refractivity contribution < 1.29 is 9.32 Å². The van der Waals surface area contributed by atoms with E-state index in [2.05, 4.69) is 15.5 Å². The maximum absolute atomic E-state index is 11.9. The summed E-state index contributed by atoms with van der Waals surface area (Å²) in [5, 5.41) is 6.38. The van der Waals surface area contributed by atoms with E-state index in [4.69, 9.17) is 10.3 Å². The zero-order valence-electron chi connectivity index (χ0n) is 9.76. The number of amides is 1. The van der Waals surface area contributed by atoms with E-state index < -0.39 is 0 Å². The summed E-state index contributed by atoms with van der Waals surface area (Å²) in [6.07, 6.45) is 5.99. The van der Waals surface area contributed by atoms with E-state index in [9.17, 15) is 4.79 Å². The number of nitrogens with one attached hydrogen (secondary N) is 1. The van der Waals surface area contributed by atoms with Gasteiger partial charge in [-0.25, -0.2) is 0 Å². The molecule has 0 aliphatic heterocycles. The molecule has 2 atom stereocenters. The second-order valence-electron chi connectivity index (χ2n) is 4.43. The fourth-order valence-corrected chi connectivity index (χ4v) is 2.21. The molecule has 0 radical (unpaired) electrons. The number of hydrogen-bond donors (Lipinski definition) is 2. The molecule has 3 N–H and O–H groups in total.